The van der Waals surface area contributed by atoms with Crippen molar-refractivity contribution in [2.24, 2.45) is 4.99 Å². The zero-order chi connectivity index (χ0) is 20.0. The third-order valence-corrected chi connectivity index (χ3v) is 4.83. The first-order valence-electron chi connectivity index (χ1n) is 9.25. The van der Waals surface area contributed by atoms with Gasteiger partial charge in [0, 0.05) is 45.8 Å². The Balaban J connectivity index is 0.00000392. The summed E-state index contributed by atoms with van der Waals surface area (Å²) in [5.74, 6) is 0.763. The van der Waals surface area contributed by atoms with Crippen LogP contribution in [-0.4, -0.2) is 80.6 Å². The number of benzene rings is 1. The average Bonchev–Trinajstić information content (AvgIpc) is 2.61. The van der Waals surface area contributed by atoms with Gasteiger partial charge in [0.15, 0.2) is 5.96 Å². The highest BCUT2D eigenvalue weighted by molar-refractivity contribution is 14.0. The van der Waals surface area contributed by atoms with Crippen LogP contribution in [0.1, 0.15) is 18.1 Å². The van der Waals surface area contributed by atoms with Crippen LogP contribution in [0.25, 0.3) is 0 Å². The number of rotatable bonds is 5. The van der Waals surface area contributed by atoms with E-state index in [4.69, 9.17) is 4.99 Å². The monoisotopic (exact) mass is 513 g/mol. The van der Waals surface area contributed by atoms with Crippen LogP contribution < -0.4 is 5.32 Å². The minimum absolute atomic E-state index is 0. The molecule has 5 nitrogen and oxygen atoms in total. The summed E-state index contributed by atoms with van der Waals surface area (Å²) in [6.07, 6.45) is -4.31. The number of halogens is 4. The first-order chi connectivity index (χ1) is 12.7. The third-order valence-electron chi connectivity index (χ3n) is 4.83. The first-order valence-corrected chi connectivity index (χ1v) is 9.25. The molecule has 0 aromatic heterocycles. The molecule has 0 aliphatic carbocycles. The fraction of sp³-hybridized carbons (Fsp3) is 0.632. The second-order valence-electron chi connectivity index (χ2n) is 7.14. The Labute approximate surface area is 183 Å². The van der Waals surface area contributed by atoms with Crippen LogP contribution in [0.3, 0.4) is 0 Å². The Kier molecular flexibility index (Phi) is 9.99. The van der Waals surface area contributed by atoms with Crippen molar-refractivity contribution in [3.63, 3.8) is 0 Å². The summed E-state index contributed by atoms with van der Waals surface area (Å²) in [6, 6.07) is 5.65. The summed E-state index contributed by atoms with van der Waals surface area (Å²) in [5, 5.41) is 3.27. The minimum Gasteiger partial charge on any atom is -0.357 e. The van der Waals surface area contributed by atoms with Gasteiger partial charge in [-0.15, -0.1) is 24.0 Å². The van der Waals surface area contributed by atoms with Gasteiger partial charge < -0.3 is 15.1 Å². The van der Waals surface area contributed by atoms with Gasteiger partial charge in [0.2, 0.25) is 0 Å². The molecule has 0 amide bonds. The van der Waals surface area contributed by atoms with Gasteiger partial charge in [0.25, 0.3) is 0 Å². The maximum absolute atomic E-state index is 12.7. The standard InChI is InChI=1S/C19H30F3N5.HI/c1-5-23-18(24-12-17-14-25(2)10-11-26(17)3)27(4)13-15-6-8-16(9-7-15)19(20,21)22;/h6-9,17H,5,10-14H2,1-4H3,(H,23,24);1H. The molecule has 0 saturated carbocycles. The molecule has 9 heteroatoms. The van der Waals surface area contributed by atoms with E-state index in [0.717, 1.165) is 49.8 Å². The number of guanidine groups is 1. The van der Waals surface area contributed by atoms with Gasteiger partial charge in [-0.2, -0.15) is 13.2 Å². The van der Waals surface area contributed by atoms with Crippen LogP contribution in [0.4, 0.5) is 13.2 Å². The summed E-state index contributed by atoms with van der Waals surface area (Å²) in [5.41, 5.74) is 0.185. The number of nitrogens with zero attached hydrogens (tertiary/aromatic N) is 4. The number of aliphatic imine (C=N–C) groups is 1. The number of hydrogen-bond donors (Lipinski definition) is 1. The second kappa shape index (κ2) is 11.2. The summed E-state index contributed by atoms with van der Waals surface area (Å²) in [6.45, 7) is 6.96. The maximum Gasteiger partial charge on any atom is 0.416 e. The smallest absolute Gasteiger partial charge is 0.357 e. The van der Waals surface area contributed by atoms with Crippen molar-refractivity contribution in [3.8, 4) is 0 Å². The van der Waals surface area contributed by atoms with E-state index in [2.05, 4.69) is 29.2 Å². The Hall–Kier alpha value is -1.07. The molecule has 1 heterocycles. The van der Waals surface area contributed by atoms with E-state index in [9.17, 15) is 13.2 Å². The number of likely N-dealkylation sites (N-methyl/N-ethyl adjacent to an activating group) is 2. The lowest BCUT2D eigenvalue weighted by Crippen LogP contribution is -2.51. The maximum atomic E-state index is 12.7. The number of alkyl halides is 3. The van der Waals surface area contributed by atoms with Crippen LogP contribution >= 0.6 is 24.0 Å². The molecule has 1 unspecified atom stereocenters. The molecule has 0 radical (unpaired) electrons. The van der Waals surface area contributed by atoms with Crippen molar-refractivity contribution in [3.05, 3.63) is 35.4 Å². The van der Waals surface area contributed by atoms with Crippen LogP contribution in [0, 0.1) is 0 Å². The molecule has 1 aliphatic heterocycles. The zero-order valence-electron chi connectivity index (χ0n) is 17.0. The normalized spacial score (nSPS) is 19.2. The van der Waals surface area contributed by atoms with Gasteiger partial charge in [0.05, 0.1) is 12.1 Å². The molecule has 1 aromatic rings. The van der Waals surface area contributed by atoms with Crippen molar-refractivity contribution in [1.82, 2.24) is 20.0 Å². The molecule has 28 heavy (non-hydrogen) atoms. The highest BCUT2D eigenvalue weighted by Crippen LogP contribution is 2.29. The summed E-state index contributed by atoms with van der Waals surface area (Å²) in [4.78, 5) is 11.3. The molecule has 160 valence electrons. The van der Waals surface area contributed by atoms with Gasteiger partial charge in [-0.1, -0.05) is 12.1 Å². The zero-order valence-corrected chi connectivity index (χ0v) is 19.3. The Morgan fingerprint density at radius 1 is 1.21 bits per heavy atom. The minimum atomic E-state index is -4.31. The lowest BCUT2D eigenvalue weighted by Gasteiger charge is -2.37. The predicted molar refractivity (Wildman–Crippen MR) is 118 cm³/mol. The van der Waals surface area contributed by atoms with Crippen molar-refractivity contribution in [1.29, 1.82) is 0 Å². The molecule has 2 rings (SSSR count). The van der Waals surface area contributed by atoms with Crippen molar-refractivity contribution < 1.29 is 13.2 Å². The van der Waals surface area contributed by atoms with E-state index in [1.54, 1.807) is 0 Å². The second-order valence-corrected chi connectivity index (χ2v) is 7.14. The fourth-order valence-electron chi connectivity index (χ4n) is 3.11. The average molecular weight is 513 g/mol. The van der Waals surface area contributed by atoms with E-state index >= 15 is 0 Å². The molecule has 1 aliphatic rings. The molecule has 1 fully saturated rings. The number of nitrogens with one attached hydrogen (secondary N) is 1. The fourth-order valence-corrected chi connectivity index (χ4v) is 3.11. The Morgan fingerprint density at radius 2 is 1.86 bits per heavy atom. The topological polar surface area (TPSA) is 34.1 Å². The van der Waals surface area contributed by atoms with Crippen molar-refractivity contribution in [2.45, 2.75) is 25.7 Å². The van der Waals surface area contributed by atoms with Crippen LogP contribution in [0.5, 0.6) is 0 Å². The Bertz CT molecular complexity index is 621. The van der Waals surface area contributed by atoms with Crippen LogP contribution in [0.2, 0.25) is 0 Å². The van der Waals surface area contributed by atoms with E-state index in [-0.39, 0.29) is 24.0 Å². The predicted octanol–water partition coefficient (Wildman–Crippen LogP) is 2.97. The molecular weight excluding hydrogens is 482 g/mol. The Morgan fingerprint density at radius 3 is 2.43 bits per heavy atom. The quantitative estimate of drug-likeness (QED) is 0.373. The molecule has 1 saturated heterocycles. The van der Waals surface area contributed by atoms with E-state index in [0.29, 0.717) is 19.1 Å². The van der Waals surface area contributed by atoms with Crippen LogP contribution in [-0.2, 0) is 12.7 Å². The SMILES string of the molecule is CCNC(=NCC1CN(C)CCN1C)N(C)Cc1ccc(C(F)(F)F)cc1.I. The van der Waals surface area contributed by atoms with Crippen molar-refractivity contribution in [2.75, 3.05) is 53.9 Å². The summed E-state index contributed by atoms with van der Waals surface area (Å²) >= 11 is 0. The van der Waals surface area contributed by atoms with Gasteiger partial charge in [-0.25, -0.2) is 0 Å². The summed E-state index contributed by atoms with van der Waals surface area (Å²) in [7, 11) is 6.13. The lowest BCUT2D eigenvalue weighted by atomic mass is 10.1. The van der Waals surface area contributed by atoms with Gasteiger partial charge in [-0.3, -0.25) is 9.89 Å². The van der Waals surface area contributed by atoms with E-state index in [1.807, 2.05) is 18.9 Å². The van der Waals surface area contributed by atoms with E-state index < -0.39 is 11.7 Å². The van der Waals surface area contributed by atoms with Crippen molar-refractivity contribution >= 4 is 29.9 Å². The highest BCUT2D eigenvalue weighted by Gasteiger charge is 2.30. The molecular formula is C19H31F3IN5. The van der Waals surface area contributed by atoms with Gasteiger partial charge in [0.1, 0.15) is 0 Å². The summed E-state index contributed by atoms with van der Waals surface area (Å²) < 4.78 is 38.1. The van der Waals surface area contributed by atoms with Gasteiger partial charge >= 0.3 is 6.18 Å². The lowest BCUT2D eigenvalue weighted by molar-refractivity contribution is -0.137. The molecule has 1 aromatic carbocycles. The molecule has 1 atom stereocenters. The molecule has 0 bridgehead atoms. The van der Waals surface area contributed by atoms with Crippen LogP contribution in [0.15, 0.2) is 29.3 Å². The van der Waals surface area contributed by atoms with Gasteiger partial charge in [-0.05, 0) is 38.7 Å². The third kappa shape index (κ3) is 7.40. The highest BCUT2D eigenvalue weighted by atomic mass is 127. The number of hydrogen-bond acceptors (Lipinski definition) is 3. The molecule has 1 N–H and O–H groups in total. The largest absolute Gasteiger partial charge is 0.416 e. The molecule has 0 spiro atoms. The number of piperazine rings is 1. The first kappa shape index (κ1) is 25.0. The van der Waals surface area contributed by atoms with E-state index in [1.165, 1.54) is 12.1 Å².